The van der Waals surface area contributed by atoms with Crippen LogP contribution in [0.2, 0.25) is 0 Å². The normalized spacial score (nSPS) is 18.1. The van der Waals surface area contributed by atoms with Crippen molar-refractivity contribution in [2.45, 2.75) is 18.9 Å². The molecule has 84 valence electrons. The molecule has 0 amide bonds. The summed E-state index contributed by atoms with van der Waals surface area (Å²) >= 11 is 5.54. The first-order valence-electron chi connectivity index (χ1n) is 5.55. The first-order chi connectivity index (χ1) is 7.83. The van der Waals surface area contributed by atoms with Gasteiger partial charge in [-0.15, -0.1) is 0 Å². The number of nitrogens with zero attached hydrogens (tertiary/aromatic N) is 2. The molecule has 2 heterocycles. The Kier molecular flexibility index (Phi) is 2.94. The Morgan fingerprint density at radius 2 is 2.12 bits per heavy atom. The highest BCUT2D eigenvalue weighted by molar-refractivity contribution is 9.10. The SMILES string of the molecule is Brc1ccc2cn(C3CCSCC3)nc2c1. The number of aromatic nitrogens is 2. The van der Waals surface area contributed by atoms with Crippen molar-refractivity contribution in [1.29, 1.82) is 0 Å². The standard InChI is InChI=1S/C12H13BrN2S/c13-10-2-1-9-8-15(14-12(9)7-10)11-3-5-16-6-4-11/h1-2,7-8,11H,3-6H2. The third-order valence-corrected chi connectivity index (χ3v) is 4.59. The smallest absolute Gasteiger partial charge is 0.0934 e. The molecule has 1 aliphatic heterocycles. The van der Waals surface area contributed by atoms with Crippen LogP contribution in [0.4, 0.5) is 0 Å². The molecule has 3 rings (SSSR count). The molecule has 4 heteroatoms. The largest absolute Gasteiger partial charge is 0.268 e. The maximum atomic E-state index is 4.67. The summed E-state index contributed by atoms with van der Waals surface area (Å²) in [6.45, 7) is 0. The van der Waals surface area contributed by atoms with Gasteiger partial charge in [0.1, 0.15) is 0 Å². The minimum absolute atomic E-state index is 0.604. The van der Waals surface area contributed by atoms with Crippen LogP contribution in [0.1, 0.15) is 18.9 Å². The maximum Gasteiger partial charge on any atom is 0.0934 e. The van der Waals surface area contributed by atoms with Crippen molar-refractivity contribution in [2.24, 2.45) is 0 Å². The van der Waals surface area contributed by atoms with Gasteiger partial charge in [0.2, 0.25) is 0 Å². The number of benzene rings is 1. The van der Waals surface area contributed by atoms with Crippen molar-refractivity contribution >= 4 is 38.6 Å². The van der Waals surface area contributed by atoms with Gasteiger partial charge in [0, 0.05) is 16.1 Å². The molecule has 0 bridgehead atoms. The number of hydrogen-bond acceptors (Lipinski definition) is 2. The first kappa shape index (κ1) is 10.7. The number of rotatable bonds is 1. The minimum atomic E-state index is 0.604. The van der Waals surface area contributed by atoms with Crippen molar-refractivity contribution in [1.82, 2.24) is 9.78 Å². The zero-order valence-electron chi connectivity index (χ0n) is 8.90. The predicted octanol–water partition coefficient (Wildman–Crippen LogP) is 3.87. The summed E-state index contributed by atoms with van der Waals surface area (Å²) in [5.41, 5.74) is 1.09. The zero-order chi connectivity index (χ0) is 11.0. The average molecular weight is 297 g/mol. The summed E-state index contributed by atoms with van der Waals surface area (Å²) in [5.74, 6) is 2.54. The fourth-order valence-corrected chi connectivity index (χ4v) is 3.58. The lowest BCUT2D eigenvalue weighted by molar-refractivity contribution is 0.430. The summed E-state index contributed by atoms with van der Waals surface area (Å²) in [4.78, 5) is 0. The molecule has 1 aliphatic rings. The first-order valence-corrected chi connectivity index (χ1v) is 7.50. The van der Waals surface area contributed by atoms with Crippen LogP contribution in [-0.2, 0) is 0 Å². The van der Waals surface area contributed by atoms with Crippen LogP contribution in [0.25, 0.3) is 10.9 Å². The Morgan fingerprint density at radius 1 is 1.31 bits per heavy atom. The van der Waals surface area contributed by atoms with Crippen LogP contribution in [0.15, 0.2) is 28.9 Å². The van der Waals surface area contributed by atoms with E-state index in [9.17, 15) is 0 Å². The molecule has 0 atom stereocenters. The fraction of sp³-hybridized carbons (Fsp3) is 0.417. The summed E-state index contributed by atoms with van der Waals surface area (Å²) in [7, 11) is 0. The monoisotopic (exact) mass is 296 g/mol. The van der Waals surface area contributed by atoms with Crippen molar-refractivity contribution < 1.29 is 0 Å². The highest BCUT2D eigenvalue weighted by Crippen LogP contribution is 2.28. The van der Waals surface area contributed by atoms with Gasteiger partial charge in [0.15, 0.2) is 0 Å². The van der Waals surface area contributed by atoms with Crippen molar-refractivity contribution in [3.8, 4) is 0 Å². The highest BCUT2D eigenvalue weighted by Gasteiger charge is 2.16. The van der Waals surface area contributed by atoms with E-state index in [1.807, 2.05) is 0 Å². The molecule has 1 saturated heterocycles. The van der Waals surface area contributed by atoms with E-state index in [1.165, 1.54) is 29.7 Å². The molecule has 2 aromatic rings. The van der Waals surface area contributed by atoms with E-state index in [0.717, 1.165) is 9.99 Å². The van der Waals surface area contributed by atoms with Crippen molar-refractivity contribution in [3.05, 3.63) is 28.9 Å². The van der Waals surface area contributed by atoms with Crippen LogP contribution < -0.4 is 0 Å². The predicted molar refractivity (Wildman–Crippen MR) is 73.0 cm³/mol. The molecule has 0 radical (unpaired) electrons. The Labute approximate surface area is 108 Å². The van der Waals surface area contributed by atoms with Gasteiger partial charge in [-0.05, 0) is 36.5 Å². The Hall–Kier alpha value is -0.480. The topological polar surface area (TPSA) is 17.8 Å². The van der Waals surface area contributed by atoms with Crippen LogP contribution in [-0.4, -0.2) is 21.3 Å². The van der Waals surface area contributed by atoms with Crippen molar-refractivity contribution in [2.75, 3.05) is 11.5 Å². The number of hydrogen-bond donors (Lipinski definition) is 0. The molecule has 1 aromatic heterocycles. The summed E-state index contributed by atoms with van der Waals surface area (Å²) < 4.78 is 3.26. The van der Waals surface area contributed by atoms with Crippen LogP contribution >= 0.6 is 27.7 Å². The van der Waals surface area contributed by atoms with Crippen LogP contribution in [0, 0.1) is 0 Å². The molecule has 16 heavy (non-hydrogen) atoms. The molecule has 0 unspecified atom stereocenters. The second-order valence-corrected chi connectivity index (χ2v) is 6.30. The number of thioether (sulfide) groups is 1. The molecular formula is C12H13BrN2S. The highest BCUT2D eigenvalue weighted by atomic mass is 79.9. The lowest BCUT2D eigenvalue weighted by atomic mass is 10.2. The van der Waals surface area contributed by atoms with E-state index in [4.69, 9.17) is 0 Å². The third kappa shape index (κ3) is 2.00. The zero-order valence-corrected chi connectivity index (χ0v) is 11.3. The molecule has 2 nitrogen and oxygen atoms in total. The molecule has 1 fully saturated rings. The van der Waals surface area contributed by atoms with E-state index in [-0.39, 0.29) is 0 Å². The third-order valence-electron chi connectivity index (χ3n) is 3.05. The molecular weight excluding hydrogens is 284 g/mol. The van der Waals surface area contributed by atoms with E-state index < -0.39 is 0 Å². The van der Waals surface area contributed by atoms with E-state index in [2.05, 4.69) is 61.9 Å². The molecule has 1 aromatic carbocycles. The van der Waals surface area contributed by atoms with Crippen LogP contribution in [0.3, 0.4) is 0 Å². The van der Waals surface area contributed by atoms with Gasteiger partial charge in [0.05, 0.1) is 11.6 Å². The summed E-state index contributed by atoms with van der Waals surface area (Å²) in [5, 5.41) is 5.91. The lowest BCUT2D eigenvalue weighted by Crippen LogP contribution is -2.15. The van der Waals surface area contributed by atoms with Gasteiger partial charge in [-0.25, -0.2) is 0 Å². The molecule has 0 N–H and O–H groups in total. The van der Waals surface area contributed by atoms with E-state index in [1.54, 1.807) is 0 Å². The average Bonchev–Trinajstić information content (AvgIpc) is 2.73. The Morgan fingerprint density at radius 3 is 2.94 bits per heavy atom. The number of halogens is 1. The van der Waals surface area contributed by atoms with E-state index in [0.29, 0.717) is 6.04 Å². The van der Waals surface area contributed by atoms with Gasteiger partial charge < -0.3 is 0 Å². The van der Waals surface area contributed by atoms with Gasteiger partial charge >= 0.3 is 0 Å². The van der Waals surface area contributed by atoms with Gasteiger partial charge in [-0.3, -0.25) is 4.68 Å². The minimum Gasteiger partial charge on any atom is -0.268 e. The maximum absolute atomic E-state index is 4.67. The quantitative estimate of drug-likeness (QED) is 0.795. The second kappa shape index (κ2) is 4.41. The lowest BCUT2D eigenvalue weighted by Gasteiger charge is -2.21. The summed E-state index contributed by atoms with van der Waals surface area (Å²) in [6, 6.07) is 6.89. The van der Waals surface area contributed by atoms with E-state index >= 15 is 0 Å². The summed E-state index contributed by atoms with van der Waals surface area (Å²) in [6.07, 6.45) is 4.68. The molecule has 0 spiro atoms. The fourth-order valence-electron chi connectivity index (χ4n) is 2.15. The Bertz CT molecular complexity index is 503. The van der Waals surface area contributed by atoms with Gasteiger partial charge in [-0.2, -0.15) is 16.9 Å². The second-order valence-electron chi connectivity index (χ2n) is 4.16. The molecule has 0 aliphatic carbocycles. The van der Waals surface area contributed by atoms with Crippen LogP contribution in [0.5, 0.6) is 0 Å². The Balaban J connectivity index is 1.97. The van der Waals surface area contributed by atoms with Gasteiger partial charge in [-0.1, -0.05) is 22.0 Å². The molecule has 0 saturated carbocycles. The van der Waals surface area contributed by atoms with Crippen molar-refractivity contribution in [3.63, 3.8) is 0 Å². The van der Waals surface area contributed by atoms with Gasteiger partial charge in [0.25, 0.3) is 0 Å². The number of fused-ring (bicyclic) bond motifs is 1.